The summed E-state index contributed by atoms with van der Waals surface area (Å²) in [4.78, 5) is 5.29. The van der Waals surface area contributed by atoms with Crippen LogP contribution in [0, 0.1) is 23.7 Å². The molecule has 0 N–H and O–H groups in total. The third-order valence-electron chi connectivity index (χ3n) is 5.77. The predicted octanol–water partition coefficient (Wildman–Crippen LogP) is 4.04. The van der Waals surface area contributed by atoms with Crippen molar-refractivity contribution in [2.24, 2.45) is 11.3 Å². The monoisotopic (exact) mass is 340 g/mol. The highest BCUT2D eigenvalue weighted by Gasteiger charge is 2.45. The fraction of sp³-hybridized carbons (Fsp3) is 0.636. The Morgan fingerprint density at radius 3 is 2.64 bits per heavy atom. The molecule has 3 aliphatic rings. The minimum Gasteiger partial charge on any atom is -0.494 e. The van der Waals surface area contributed by atoms with Gasteiger partial charge < -0.3 is 14.5 Å². The highest BCUT2D eigenvalue weighted by atomic mass is 16.5. The van der Waals surface area contributed by atoms with Crippen molar-refractivity contribution in [3.05, 3.63) is 24.3 Å². The van der Waals surface area contributed by atoms with Crippen molar-refractivity contribution < 1.29 is 4.74 Å². The molecule has 3 aliphatic heterocycles. The number of terminal acetylenes is 1. The number of rotatable bonds is 6. The van der Waals surface area contributed by atoms with Crippen LogP contribution >= 0.6 is 0 Å². The summed E-state index contributed by atoms with van der Waals surface area (Å²) in [5.41, 5.74) is 1.67. The van der Waals surface area contributed by atoms with Crippen LogP contribution in [0.5, 0.6) is 5.75 Å². The van der Waals surface area contributed by atoms with Gasteiger partial charge >= 0.3 is 0 Å². The van der Waals surface area contributed by atoms with Gasteiger partial charge in [0.15, 0.2) is 0 Å². The average molecular weight is 341 g/mol. The maximum Gasteiger partial charge on any atom is 0.119 e. The van der Waals surface area contributed by atoms with Gasteiger partial charge in [0.1, 0.15) is 5.75 Å². The topological polar surface area (TPSA) is 15.7 Å². The normalized spacial score (nSPS) is 25.4. The van der Waals surface area contributed by atoms with Crippen LogP contribution in [-0.4, -0.2) is 43.7 Å². The molecule has 3 heteroatoms. The molecular formula is C22H32N2O. The zero-order valence-corrected chi connectivity index (χ0v) is 16.0. The van der Waals surface area contributed by atoms with Crippen LogP contribution in [0.15, 0.2) is 24.3 Å². The van der Waals surface area contributed by atoms with Crippen LogP contribution in [0.2, 0.25) is 0 Å². The number of unbranched alkanes of at least 4 members (excludes halogenated alkanes) is 1. The molecule has 1 aromatic rings. The fourth-order valence-corrected chi connectivity index (χ4v) is 4.70. The Balaban J connectivity index is 1.78. The molecule has 3 fully saturated rings. The lowest BCUT2D eigenvalue weighted by Crippen LogP contribution is -2.53. The Morgan fingerprint density at radius 2 is 1.96 bits per heavy atom. The molecule has 2 bridgehead atoms. The molecular weight excluding hydrogens is 308 g/mol. The first-order valence-electron chi connectivity index (χ1n) is 9.69. The summed E-state index contributed by atoms with van der Waals surface area (Å²) in [6.45, 7) is 12.3. The van der Waals surface area contributed by atoms with E-state index in [1.165, 1.54) is 18.7 Å². The zero-order chi connectivity index (χ0) is 17.9. The van der Waals surface area contributed by atoms with E-state index in [2.05, 4.69) is 53.8 Å². The zero-order valence-electron chi connectivity index (χ0n) is 16.0. The molecule has 3 saturated heterocycles. The van der Waals surface area contributed by atoms with Crippen molar-refractivity contribution in [1.82, 2.24) is 4.90 Å². The number of ether oxygens (including phenoxy) is 1. The lowest BCUT2D eigenvalue weighted by atomic mass is 9.73. The Bertz CT molecular complexity index is 601. The number of anilines is 1. The predicted molar refractivity (Wildman–Crippen MR) is 105 cm³/mol. The van der Waals surface area contributed by atoms with Crippen LogP contribution in [0.3, 0.4) is 0 Å². The van der Waals surface area contributed by atoms with E-state index in [-0.39, 0.29) is 0 Å². The first kappa shape index (κ1) is 18.1. The minimum atomic E-state index is 0.336. The molecule has 0 amide bonds. The number of nitrogens with zero attached hydrogens (tertiary/aromatic N) is 2. The highest BCUT2D eigenvalue weighted by Crippen LogP contribution is 2.43. The summed E-state index contributed by atoms with van der Waals surface area (Å²) < 4.78 is 5.60. The van der Waals surface area contributed by atoms with E-state index in [0.717, 1.165) is 44.1 Å². The quantitative estimate of drug-likeness (QED) is 0.574. The van der Waals surface area contributed by atoms with E-state index >= 15 is 0 Å². The second-order valence-corrected chi connectivity index (χ2v) is 8.22. The summed E-state index contributed by atoms with van der Waals surface area (Å²) >= 11 is 0. The van der Waals surface area contributed by atoms with E-state index in [1.807, 2.05) is 6.92 Å². The third kappa shape index (κ3) is 4.12. The lowest BCUT2D eigenvalue weighted by Gasteiger charge is -2.48. The van der Waals surface area contributed by atoms with Crippen LogP contribution in [0.25, 0.3) is 0 Å². The second kappa shape index (κ2) is 7.70. The smallest absolute Gasteiger partial charge is 0.119 e. The van der Waals surface area contributed by atoms with Crippen LogP contribution in [-0.2, 0) is 0 Å². The molecule has 136 valence electrons. The van der Waals surface area contributed by atoms with Crippen molar-refractivity contribution in [2.75, 3.05) is 37.7 Å². The molecule has 0 aliphatic carbocycles. The molecule has 3 nitrogen and oxygen atoms in total. The summed E-state index contributed by atoms with van der Waals surface area (Å²) in [7, 11) is 0. The summed E-state index contributed by atoms with van der Waals surface area (Å²) in [6.07, 6.45) is 8.74. The number of benzene rings is 1. The average Bonchev–Trinajstić information content (AvgIpc) is 2.82. The Morgan fingerprint density at radius 1 is 1.20 bits per heavy atom. The number of hydrogen-bond donors (Lipinski definition) is 0. The van der Waals surface area contributed by atoms with Gasteiger partial charge in [-0.2, -0.15) is 0 Å². The molecule has 0 saturated carbocycles. The summed E-state index contributed by atoms with van der Waals surface area (Å²) in [6, 6.07) is 9.22. The molecule has 3 heterocycles. The number of piperidine rings is 1. The van der Waals surface area contributed by atoms with Crippen LogP contribution < -0.4 is 9.64 Å². The van der Waals surface area contributed by atoms with Gasteiger partial charge in [-0.25, -0.2) is 0 Å². The van der Waals surface area contributed by atoms with E-state index in [1.54, 1.807) is 0 Å². The Labute approximate surface area is 153 Å². The lowest BCUT2D eigenvalue weighted by molar-refractivity contribution is 0.190. The second-order valence-electron chi connectivity index (χ2n) is 8.22. The van der Waals surface area contributed by atoms with E-state index in [9.17, 15) is 0 Å². The first-order valence-corrected chi connectivity index (χ1v) is 9.69. The molecule has 0 spiro atoms. The van der Waals surface area contributed by atoms with Gasteiger partial charge in [-0.15, -0.1) is 12.3 Å². The van der Waals surface area contributed by atoms with Gasteiger partial charge in [-0.1, -0.05) is 13.8 Å². The SMILES string of the molecule is C#CCCCN1CC2CN(c3ccc(OCC)cc3)[C@H](C1)C(C)(C)C2. The van der Waals surface area contributed by atoms with Crippen molar-refractivity contribution >= 4 is 5.69 Å². The van der Waals surface area contributed by atoms with Crippen molar-refractivity contribution in [2.45, 2.75) is 46.1 Å². The van der Waals surface area contributed by atoms with Gasteiger partial charge in [0.05, 0.1) is 6.61 Å². The summed E-state index contributed by atoms with van der Waals surface area (Å²) in [5, 5.41) is 0. The van der Waals surface area contributed by atoms with Gasteiger partial charge in [0.25, 0.3) is 0 Å². The molecule has 2 atom stereocenters. The number of hydrogen-bond acceptors (Lipinski definition) is 3. The Hall–Kier alpha value is -1.66. The molecule has 0 aromatic heterocycles. The Kier molecular flexibility index (Phi) is 5.59. The third-order valence-corrected chi connectivity index (χ3v) is 5.77. The van der Waals surface area contributed by atoms with E-state index in [0.29, 0.717) is 18.1 Å². The van der Waals surface area contributed by atoms with E-state index in [4.69, 9.17) is 11.2 Å². The molecule has 1 aromatic carbocycles. The molecule has 0 radical (unpaired) electrons. The summed E-state index contributed by atoms with van der Waals surface area (Å²) in [5.74, 6) is 4.47. The molecule has 4 rings (SSSR count). The standard InChI is InChI=1S/C22H32N2O/c1-5-7-8-13-23-15-18-14-22(3,4)21(17-23)24(16-18)19-9-11-20(12-10-19)25-6-2/h1,9-12,18,21H,6-8,13-17H2,2-4H3/t18?,21-/m1/s1. The van der Waals surface area contributed by atoms with Gasteiger partial charge in [0, 0.05) is 37.8 Å². The van der Waals surface area contributed by atoms with Crippen molar-refractivity contribution in [3.8, 4) is 18.1 Å². The molecule has 25 heavy (non-hydrogen) atoms. The van der Waals surface area contributed by atoms with Gasteiger partial charge in [0.2, 0.25) is 0 Å². The van der Waals surface area contributed by atoms with E-state index < -0.39 is 0 Å². The van der Waals surface area contributed by atoms with Gasteiger partial charge in [-0.3, -0.25) is 0 Å². The minimum absolute atomic E-state index is 0.336. The largest absolute Gasteiger partial charge is 0.494 e. The van der Waals surface area contributed by atoms with Crippen molar-refractivity contribution in [1.29, 1.82) is 0 Å². The fourth-order valence-electron chi connectivity index (χ4n) is 4.70. The van der Waals surface area contributed by atoms with Crippen LogP contribution in [0.1, 0.15) is 40.0 Å². The number of fused-ring (bicyclic) bond motifs is 4. The first-order chi connectivity index (χ1) is 12.0. The van der Waals surface area contributed by atoms with Gasteiger partial charge in [-0.05, 0) is 61.9 Å². The van der Waals surface area contributed by atoms with Crippen molar-refractivity contribution in [3.63, 3.8) is 0 Å². The maximum absolute atomic E-state index is 5.60. The maximum atomic E-state index is 5.60. The molecule has 1 unspecified atom stereocenters. The highest BCUT2D eigenvalue weighted by molar-refractivity contribution is 5.51. The van der Waals surface area contributed by atoms with Crippen LogP contribution in [0.4, 0.5) is 5.69 Å².